The number of amides is 2. The molecule has 1 saturated heterocycles. The average Bonchev–Trinajstić information content (AvgIpc) is 3.46. The Balaban J connectivity index is 0.890. The molecule has 0 aromatic heterocycles. The highest BCUT2D eigenvalue weighted by molar-refractivity contribution is 6.21. The minimum atomic E-state index is -0.279. The molecule has 2 heterocycles. The Morgan fingerprint density at radius 1 is 0.411 bits per heavy atom. The molecular formula is C39H66N2O15. The smallest absolute Gasteiger partial charge is 0.261 e. The highest BCUT2D eigenvalue weighted by Crippen LogP contribution is 2.21. The van der Waals surface area contributed by atoms with Gasteiger partial charge in [0.2, 0.25) is 0 Å². The first-order valence-electron chi connectivity index (χ1n) is 20.0. The number of rotatable bonds is 40. The van der Waals surface area contributed by atoms with Gasteiger partial charge < -0.3 is 66.9 Å². The third kappa shape index (κ3) is 23.9. The molecule has 322 valence electrons. The Morgan fingerprint density at radius 2 is 0.679 bits per heavy atom. The van der Waals surface area contributed by atoms with Crippen LogP contribution in [0.1, 0.15) is 33.6 Å². The molecule has 0 radical (unpaired) electrons. The number of ether oxygens (including phenoxy) is 13. The van der Waals surface area contributed by atoms with Crippen molar-refractivity contribution in [2.45, 2.75) is 18.9 Å². The maximum atomic E-state index is 12.3. The van der Waals surface area contributed by atoms with Crippen LogP contribution in [-0.2, 0) is 61.6 Å². The van der Waals surface area contributed by atoms with Gasteiger partial charge in [-0.15, -0.1) is 0 Å². The fraction of sp³-hybridized carbons (Fsp3) is 0.795. The molecule has 0 atom stereocenters. The Morgan fingerprint density at radius 3 is 0.982 bits per heavy atom. The first-order valence-corrected chi connectivity index (χ1v) is 20.0. The van der Waals surface area contributed by atoms with Crippen LogP contribution in [0.5, 0.6) is 0 Å². The summed E-state index contributed by atoms with van der Waals surface area (Å²) in [5.41, 5.74) is 0.882. The average molecular weight is 803 g/mol. The fourth-order valence-corrected chi connectivity index (χ4v) is 5.35. The Bertz CT molecular complexity index is 1060. The zero-order valence-electron chi connectivity index (χ0n) is 33.2. The molecule has 17 nitrogen and oxygen atoms in total. The number of imide groups is 1. The van der Waals surface area contributed by atoms with Crippen LogP contribution >= 0.6 is 0 Å². The van der Waals surface area contributed by atoms with Crippen LogP contribution in [0, 0.1) is 0 Å². The first-order chi connectivity index (χ1) is 27.8. The summed E-state index contributed by atoms with van der Waals surface area (Å²) in [4.78, 5) is 25.9. The van der Waals surface area contributed by atoms with E-state index in [2.05, 4.69) is 5.32 Å². The zero-order valence-corrected chi connectivity index (χ0v) is 33.2. The number of nitrogens with zero attached hydrogens (tertiary/aromatic N) is 1. The number of hydrogen-bond donors (Lipinski definition) is 1. The second-order valence-corrected chi connectivity index (χ2v) is 12.5. The van der Waals surface area contributed by atoms with Crippen LogP contribution in [0.2, 0.25) is 0 Å². The molecule has 0 spiro atoms. The summed E-state index contributed by atoms with van der Waals surface area (Å²) in [6, 6.07) is 6.82. The highest BCUT2D eigenvalue weighted by Gasteiger charge is 2.34. The molecule has 1 aromatic rings. The Kier molecular flexibility index (Phi) is 29.9. The van der Waals surface area contributed by atoms with E-state index in [1.807, 2.05) is 0 Å². The first kappa shape index (κ1) is 48.2. The lowest BCUT2D eigenvalue weighted by molar-refractivity contribution is -0.0328. The number of carbonyl (C=O) groups is 2. The summed E-state index contributed by atoms with van der Waals surface area (Å²) in [7, 11) is 0. The maximum Gasteiger partial charge on any atom is 0.261 e. The van der Waals surface area contributed by atoms with Crippen LogP contribution in [0.25, 0.3) is 0 Å². The number of piperidine rings is 1. The van der Waals surface area contributed by atoms with Gasteiger partial charge in [-0.2, -0.15) is 0 Å². The topological polar surface area (TPSA) is 169 Å². The van der Waals surface area contributed by atoms with Gasteiger partial charge >= 0.3 is 0 Å². The molecule has 56 heavy (non-hydrogen) atoms. The van der Waals surface area contributed by atoms with E-state index in [0.29, 0.717) is 176 Å². The zero-order chi connectivity index (χ0) is 39.4. The van der Waals surface area contributed by atoms with Crippen molar-refractivity contribution in [3.05, 3.63) is 35.4 Å². The van der Waals surface area contributed by atoms with Crippen LogP contribution in [0.4, 0.5) is 0 Å². The van der Waals surface area contributed by atoms with Crippen molar-refractivity contribution in [3.8, 4) is 0 Å². The van der Waals surface area contributed by atoms with Gasteiger partial charge in [0.25, 0.3) is 11.8 Å². The van der Waals surface area contributed by atoms with E-state index in [1.54, 1.807) is 24.3 Å². The van der Waals surface area contributed by atoms with Crippen LogP contribution in [0.15, 0.2) is 24.3 Å². The largest absolute Gasteiger partial charge is 0.377 e. The minimum Gasteiger partial charge on any atom is -0.377 e. The second kappa shape index (κ2) is 34.8. The lowest BCUT2D eigenvalue weighted by Crippen LogP contribution is -2.33. The van der Waals surface area contributed by atoms with E-state index >= 15 is 0 Å². The summed E-state index contributed by atoms with van der Waals surface area (Å²) in [6.45, 7) is 14.4. The molecule has 2 amide bonds. The van der Waals surface area contributed by atoms with Gasteiger partial charge in [-0.1, -0.05) is 12.1 Å². The molecular weight excluding hydrogens is 736 g/mol. The van der Waals surface area contributed by atoms with Crippen molar-refractivity contribution in [1.82, 2.24) is 10.2 Å². The molecule has 1 fully saturated rings. The molecule has 2 aliphatic rings. The molecule has 0 saturated carbocycles. The number of fused-ring (bicyclic) bond motifs is 1. The fourth-order valence-electron chi connectivity index (χ4n) is 5.35. The third-order valence-electron chi connectivity index (χ3n) is 8.30. The van der Waals surface area contributed by atoms with Crippen molar-refractivity contribution in [3.63, 3.8) is 0 Å². The molecule has 17 heteroatoms. The predicted octanol–water partition coefficient (Wildman–Crippen LogP) is 1.25. The van der Waals surface area contributed by atoms with Gasteiger partial charge in [0.05, 0.1) is 189 Å². The maximum absolute atomic E-state index is 12.3. The molecule has 2 aliphatic heterocycles. The van der Waals surface area contributed by atoms with Crippen LogP contribution < -0.4 is 5.32 Å². The van der Waals surface area contributed by atoms with E-state index in [4.69, 9.17) is 61.6 Å². The summed E-state index contributed by atoms with van der Waals surface area (Å²) in [5.74, 6) is -0.557. The number of nitrogens with one attached hydrogen (secondary N) is 1. The van der Waals surface area contributed by atoms with Crippen LogP contribution in [-0.4, -0.2) is 208 Å². The van der Waals surface area contributed by atoms with Crippen molar-refractivity contribution >= 4 is 11.8 Å². The molecule has 0 unspecified atom stereocenters. The van der Waals surface area contributed by atoms with Crippen LogP contribution in [0.3, 0.4) is 0 Å². The summed E-state index contributed by atoms with van der Waals surface area (Å²) in [6.07, 6.45) is 2.51. The van der Waals surface area contributed by atoms with E-state index in [0.717, 1.165) is 25.9 Å². The molecule has 0 aliphatic carbocycles. The summed E-state index contributed by atoms with van der Waals surface area (Å²) < 4.78 is 71.8. The van der Waals surface area contributed by atoms with Gasteiger partial charge in [-0.05, 0) is 38.1 Å². The molecule has 1 N–H and O–H groups in total. The van der Waals surface area contributed by atoms with Gasteiger partial charge in [0.1, 0.15) is 0 Å². The summed E-state index contributed by atoms with van der Waals surface area (Å²) >= 11 is 0. The normalized spacial score (nSPS) is 14.7. The SMILES string of the molecule is O=C1c2ccccc2C(=O)N1CCOCCOCCOCCOCCOCCOCCOCCOCCOCCOCCOCCOCCOC1CCNCC1. The quantitative estimate of drug-likeness (QED) is 0.0743. The van der Waals surface area contributed by atoms with Gasteiger partial charge in [0, 0.05) is 0 Å². The van der Waals surface area contributed by atoms with E-state index in [1.165, 1.54) is 4.90 Å². The molecule has 1 aromatic carbocycles. The lowest BCUT2D eigenvalue weighted by atomic mass is 10.1. The van der Waals surface area contributed by atoms with E-state index < -0.39 is 0 Å². The van der Waals surface area contributed by atoms with Crippen molar-refractivity contribution < 1.29 is 71.2 Å². The van der Waals surface area contributed by atoms with E-state index in [-0.39, 0.29) is 25.0 Å². The number of benzene rings is 1. The number of carbonyl (C=O) groups excluding carboxylic acids is 2. The van der Waals surface area contributed by atoms with Gasteiger partial charge in [-0.3, -0.25) is 14.5 Å². The minimum absolute atomic E-state index is 0.212. The van der Waals surface area contributed by atoms with Crippen molar-refractivity contribution in [2.75, 3.05) is 185 Å². The third-order valence-corrected chi connectivity index (χ3v) is 8.30. The Labute approximate surface area is 332 Å². The molecule has 0 bridgehead atoms. The predicted molar refractivity (Wildman–Crippen MR) is 203 cm³/mol. The summed E-state index contributed by atoms with van der Waals surface area (Å²) in [5, 5.41) is 3.33. The van der Waals surface area contributed by atoms with Crippen molar-refractivity contribution in [2.24, 2.45) is 0 Å². The number of hydrogen-bond acceptors (Lipinski definition) is 16. The van der Waals surface area contributed by atoms with Crippen molar-refractivity contribution in [1.29, 1.82) is 0 Å². The van der Waals surface area contributed by atoms with Gasteiger partial charge in [-0.25, -0.2) is 0 Å². The monoisotopic (exact) mass is 802 g/mol. The van der Waals surface area contributed by atoms with E-state index in [9.17, 15) is 9.59 Å². The lowest BCUT2D eigenvalue weighted by Gasteiger charge is -2.22. The Hall–Kier alpha value is -2.20. The second-order valence-electron chi connectivity index (χ2n) is 12.5. The van der Waals surface area contributed by atoms with Gasteiger partial charge in [0.15, 0.2) is 0 Å². The highest BCUT2D eigenvalue weighted by atomic mass is 16.6. The standard InChI is InChI=1S/C39H66N2O15/c42-38-36-3-1-2-4-37(36)39(43)41(38)9-10-44-11-12-45-13-14-46-15-16-47-17-18-48-19-20-49-21-22-50-23-24-51-25-26-52-27-28-53-29-30-54-31-32-55-33-34-56-35-5-7-40-8-6-35/h1-4,35,40H,5-34H2. The molecule has 3 rings (SSSR count).